The molecule has 0 spiro atoms. The molecule has 8 heteroatoms. The lowest BCUT2D eigenvalue weighted by molar-refractivity contribution is -0.139. The van der Waals surface area contributed by atoms with Gasteiger partial charge in [0.25, 0.3) is 10.0 Å². The summed E-state index contributed by atoms with van der Waals surface area (Å²) in [5, 5.41) is 2.76. The van der Waals surface area contributed by atoms with Gasteiger partial charge >= 0.3 is 0 Å². The van der Waals surface area contributed by atoms with Gasteiger partial charge < -0.3 is 10.2 Å². The van der Waals surface area contributed by atoms with Crippen LogP contribution in [0.4, 0.5) is 5.69 Å². The fourth-order valence-electron chi connectivity index (χ4n) is 4.12. The Morgan fingerprint density at radius 1 is 0.892 bits per heavy atom. The zero-order valence-electron chi connectivity index (χ0n) is 22.1. The maximum Gasteiger partial charge on any atom is 0.264 e. The van der Waals surface area contributed by atoms with Gasteiger partial charge in [0.2, 0.25) is 11.8 Å². The summed E-state index contributed by atoms with van der Waals surface area (Å²) in [6.45, 7) is 9.24. The predicted molar refractivity (Wildman–Crippen MR) is 147 cm³/mol. The van der Waals surface area contributed by atoms with Gasteiger partial charge in [0, 0.05) is 13.1 Å². The van der Waals surface area contributed by atoms with E-state index in [0.717, 1.165) is 26.6 Å². The van der Waals surface area contributed by atoms with Crippen LogP contribution >= 0.6 is 0 Å². The first-order valence-corrected chi connectivity index (χ1v) is 13.8. The van der Waals surface area contributed by atoms with E-state index in [4.69, 9.17) is 0 Å². The average molecular weight is 522 g/mol. The van der Waals surface area contributed by atoms with E-state index in [0.29, 0.717) is 12.2 Å². The van der Waals surface area contributed by atoms with Crippen LogP contribution in [0, 0.1) is 20.8 Å². The fourth-order valence-corrected chi connectivity index (χ4v) is 5.60. The van der Waals surface area contributed by atoms with E-state index in [1.807, 2.05) is 70.2 Å². The van der Waals surface area contributed by atoms with Crippen LogP contribution in [0.1, 0.15) is 36.1 Å². The molecule has 0 aromatic heterocycles. The average Bonchev–Trinajstić information content (AvgIpc) is 2.86. The number of likely N-dealkylation sites (N-methyl/N-ethyl adjacent to an activating group) is 1. The number of sulfonamides is 1. The predicted octanol–water partition coefficient (Wildman–Crippen LogP) is 4.36. The Hall–Kier alpha value is -3.65. The minimum Gasteiger partial charge on any atom is -0.355 e. The number of carbonyl (C=O) groups is 2. The van der Waals surface area contributed by atoms with Crippen molar-refractivity contribution in [3.05, 3.63) is 95.1 Å². The van der Waals surface area contributed by atoms with E-state index in [2.05, 4.69) is 5.32 Å². The molecular formula is C29H35N3O4S. The summed E-state index contributed by atoms with van der Waals surface area (Å²) in [7, 11) is -4.08. The van der Waals surface area contributed by atoms with E-state index in [-0.39, 0.29) is 17.3 Å². The molecule has 1 N–H and O–H groups in total. The second kappa shape index (κ2) is 12.1. The Morgan fingerprint density at radius 2 is 1.51 bits per heavy atom. The molecule has 0 bridgehead atoms. The first-order valence-electron chi connectivity index (χ1n) is 12.3. The molecule has 2 amide bonds. The van der Waals surface area contributed by atoms with Gasteiger partial charge in [0.05, 0.1) is 10.6 Å². The van der Waals surface area contributed by atoms with Crippen LogP contribution in [-0.2, 0) is 26.2 Å². The maximum absolute atomic E-state index is 13.9. The van der Waals surface area contributed by atoms with Crippen molar-refractivity contribution in [1.82, 2.24) is 10.2 Å². The monoisotopic (exact) mass is 521 g/mol. The zero-order chi connectivity index (χ0) is 27.2. The van der Waals surface area contributed by atoms with E-state index in [9.17, 15) is 18.0 Å². The third kappa shape index (κ3) is 6.77. The fraction of sp³-hybridized carbons (Fsp3) is 0.310. The summed E-state index contributed by atoms with van der Waals surface area (Å²) < 4.78 is 28.9. The highest BCUT2D eigenvalue weighted by Crippen LogP contribution is 2.28. The first-order chi connectivity index (χ1) is 17.5. The topological polar surface area (TPSA) is 86.8 Å². The molecular weight excluding hydrogens is 486 g/mol. The van der Waals surface area contributed by atoms with Gasteiger partial charge in [-0.15, -0.1) is 0 Å². The number of anilines is 1. The second-order valence-electron chi connectivity index (χ2n) is 9.19. The van der Waals surface area contributed by atoms with Gasteiger partial charge in [-0.2, -0.15) is 0 Å². The third-order valence-corrected chi connectivity index (χ3v) is 8.00. The van der Waals surface area contributed by atoms with Crippen LogP contribution in [-0.4, -0.2) is 44.3 Å². The van der Waals surface area contributed by atoms with E-state index in [1.165, 1.54) is 4.90 Å². The molecule has 0 fully saturated rings. The first kappa shape index (κ1) is 27.9. The van der Waals surface area contributed by atoms with Crippen molar-refractivity contribution in [3.8, 4) is 0 Å². The number of hydrogen-bond donors (Lipinski definition) is 1. The van der Waals surface area contributed by atoms with Crippen LogP contribution in [0.2, 0.25) is 0 Å². The molecule has 0 heterocycles. The minimum atomic E-state index is -4.08. The van der Waals surface area contributed by atoms with Crippen molar-refractivity contribution in [1.29, 1.82) is 0 Å². The van der Waals surface area contributed by atoms with Gasteiger partial charge in [-0.3, -0.25) is 13.9 Å². The van der Waals surface area contributed by atoms with Gasteiger partial charge in [-0.25, -0.2) is 8.42 Å². The molecule has 0 radical (unpaired) electrons. The standard InChI is InChI=1S/C29H35N3O4S/c1-6-30-29(34)24(5)31(19-25-10-8-7-9-11-25)28(33)20-32(27-17-14-22(3)18-23(27)4)37(35,36)26-15-12-21(2)13-16-26/h7-18,24H,6,19-20H2,1-5H3,(H,30,34). The SMILES string of the molecule is CCNC(=O)C(C)N(Cc1ccccc1)C(=O)CN(c1ccc(C)cc1C)S(=O)(=O)c1ccc(C)cc1. The number of amides is 2. The summed E-state index contributed by atoms with van der Waals surface area (Å²) in [6, 6.07) is 20.5. The summed E-state index contributed by atoms with van der Waals surface area (Å²) >= 11 is 0. The third-order valence-electron chi connectivity index (χ3n) is 6.22. The number of benzene rings is 3. The Bertz CT molecular complexity index is 1340. The zero-order valence-corrected chi connectivity index (χ0v) is 22.9. The van der Waals surface area contributed by atoms with Gasteiger partial charge in [-0.1, -0.05) is 65.7 Å². The lowest BCUT2D eigenvalue weighted by Gasteiger charge is -2.32. The normalized spacial score (nSPS) is 12.0. The number of nitrogens with zero attached hydrogens (tertiary/aromatic N) is 2. The highest BCUT2D eigenvalue weighted by molar-refractivity contribution is 7.92. The Labute approximate surface area is 220 Å². The minimum absolute atomic E-state index is 0.0947. The van der Waals surface area contributed by atoms with Crippen molar-refractivity contribution >= 4 is 27.5 Å². The van der Waals surface area contributed by atoms with Crippen molar-refractivity contribution in [2.24, 2.45) is 0 Å². The molecule has 7 nitrogen and oxygen atoms in total. The molecule has 0 aliphatic heterocycles. The van der Waals surface area contributed by atoms with Crippen LogP contribution < -0.4 is 9.62 Å². The highest BCUT2D eigenvalue weighted by Gasteiger charge is 2.33. The maximum atomic E-state index is 13.9. The van der Waals surface area contributed by atoms with Crippen LogP contribution in [0.15, 0.2) is 77.7 Å². The Morgan fingerprint density at radius 3 is 2.11 bits per heavy atom. The van der Waals surface area contributed by atoms with Gasteiger partial charge in [0.1, 0.15) is 12.6 Å². The molecule has 0 saturated carbocycles. The summed E-state index contributed by atoms with van der Waals surface area (Å²) in [4.78, 5) is 28.1. The van der Waals surface area contributed by atoms with E-state index in [1.54, 1.807) is 37.3 Å². The highest BCUT2D eigenvalue weighted by atomic mass is 32.2. The number of carbonyl (C=O) groups excluding carboxylic acids is 2. The molecule has 0 saturated heterocycles. The number of rotatable bonds is 10. The smallest absolute Gasteiger partial charge is 0.264 e. The second-order valence-corrected chi connectivity index (χ2v) is 11.1. The van der Waals surface area contributed by atoms with Crippen molar-refractivity contribution < 1.29 is 18.0 Å². The van der Waals surface area contributed by atoms with E-state index >= 15 is 0 Å². The molecule has 196 valence electrons. The number of nitrogens with one attached hydrogen (secondary N) is 1. The largest absolute Gasteiger partial charge is 0.355 e. The lowest BCUT2D eigenvalue weighted by Crippen LogP contribution is -2.51. The molecule has 3 aromatic rings. The summed E-state index contributed by atoms with van der Waals surface area (Å²) in [5.74, 6) is -0.774. The lowest BCUT2D eigenvalue weighted by atomic mass is 10.1. The van der Waals surface area contributed by atoms with E-state index < -0.39 is 28.5 Å². The van der Waals surface area contributed by atoms with Gasteiger partial charge in [0.15, 0.2) is 0 Å². The molecule has 37 heavy (non-hydrogen) atoms. The quantitative estimate of drug-likeness (QED) is 0.430. The molecule has 1 unspecified atom stereocenters. The number of hydrogen-bond acceptors (Lipinski definition) is 4. The van der Waals surface area contributed by atoms with Crippen molar-refractivity contribution in [3.63, 3.8) is 0 Å². The number of aryl methyl sites for hydroxylation is 3. The molecule has 3 rings (SSSR count). The van der Waals surface area contributed by atoms with Crippen LogP contribution in [0.25, 0.3) is 0 Å². The van der Waals surface area contributed by atoms with Gasteiger partial charge in [-0.05, 0) is 63.9 Å². The van der Waals surface area contributed by atoms with Crippen molar-refractivity contribution in [2.45, 2.75) is 52.1 Å². The molecule has 0 aliphatic rings. The van der Waals surface area contributed by atoms with Crippen molar-refractivity contribution in [2.75, 3.05) is 17.4 Å². The Balaban J connectivity index is 2.05. The Kier molecular flexibility index (Phi) is 9.10. The van der Waals surface area contributed by atoms with Crippen LogP contribution in [0.3, 0.4) is 0 Å². The summed E-state index contributed by atoms with van der Waals surface area (Å²) in [5.41, 5.74) is 3.90. The molecule has 3 aromatic carbocycles. The molecule has 1 atom stereocenters. The van der Waals surface area contributed by atoms with Crippen LogP contribution in [0.5, 0.6) is 0 Å². The molecule has 0 aliphatic carbocycles. The summed E-state index contributed by atoms with van der Waals surface area (Å²) in [6.07, 6.45) is 0.